The average Bonchev–Trinajstić information content (AvgIpc) is 2.04. The van der Waals surface area contributed by atoms with E-state index in [2.05, 4.69) is 0 Å². The molecule has 0 radical (unpaired) electrons. The fraction of sp³-hybridized carbons (Fsp3) is 0.333. The number of hydrogen-bond acceptors (Lipinski definition) is 2. The van der Waals surface area contributed by atoms with Gasteiger partial charge in [0.15, 0.2) is 0 Å². The van der Waals surface area contributed by atoms with E-state index in [0.29, 0.717) is 0 Å². The molecule has 0 heterocycles. The minimum Gasteiger partial charge on any atom is -0.481 e. The molecule has 4 nitrogen and oxygen atoms in total. The van der Waals surface area contributed by atoms with E-state index in [1.54, 1.807) is 0 Å². The number of hydrogen-bond donors (Lipinski definition) is 2. The van der Waals surface area contributed by atoms with Crippen LogP contribution in [-0.2, 0) is 9.59 Å². The van der Waals surface area contributed by atoms with Gasteiger partial charge in [-0.15, -0.1) is 0 Å². The van der Waals surface area contributed by atoms with Crippen molar-refractivity contribution in [3.63, 3.8) is 0 Å². The summed E-state index contributed by atoms with van der Waals surface area (Å²) >= 11 is 0. The summed E-state index contributed by atoms with van der Waals surface area (Å²) in [6, 6.07) is 0. The standard InChI is InChI=1S/C9H10O4/c1-9(8(12)13)4-2-3-6(5-9)7(10)11/h2-4H,5H2,1H3,(H,10,11)(H,12,13)/t9-/m1/s1. The normalized spacial score (nSPS) is 26.7. The zero-order valence-electron chi connectivity index (χ0n) is 7.15. The second kappa shape index (κ2) is 3.05. The summed E-state index contributed by atoms with van der Waals surface area (Å²) in [6.45, 7) is 1.50. The van der Waals surface area contributed by atoms with E-state index in [-0.39, 0.29) is 12.0 Å². The first kappa shape index (κ1) is 9.51. The molecule has 70 valence electrons. The van der Waals surface area contributed by atoms with Crippen LogP contribution in [0.25, 0.3) is 0 Å². The van der Waals surface area contributed by atoms with Gasteiger partial charge in [-0.05, 0) is 13.3 Å². The summed E-state index contributed by atoms with van der Waals surface area (Å²) in [6.07, 6.45) is 4.43. The maximum Gasteiger partial charge on any atom is 0.331 e. The van der Waals surface area contributed by atoms with Crippen molar-refractivity contribution in [2.24, 2.45) is 5.41 Å². The molecule has 1 rings (SSSR count). The molecule has 0 unspecified atom stereocenters. The van der Waals surface area contributed by atoms with E-state index in [1.165, 1.54) is 25.2 Å². The third-order valence-electron chi connectivity index (χ3n) is 2.08. The quantitative estimate of drug-likeness (QED) is 0.669. The second-order valence-electron chi connectivity index (χ2n) is 3.26. The minimum atomic E-state index is -1.08. The summed E-state index contributed by atoms with van der Waals surface area (Å²) in [5.41, 5.74) is -0.949. The number of aliphatic carboxylic acids is 2. The van der Waals surface area contributed by atoms with Gasteiger partial charge in [0, 0.05) is 5.57 Å². The molecule has 0 fully saturated rings. The zero-order chi connectivity index (χ0) is 10.1. The van der Waals surface area contributed by atoms with Crippen molar-refractivity contribution in [2.75, 3.05) is 0 Å². The Kier molecular flexibility index (Phi) is 2.23. The van der Waals surface area contributed by atoms with Gasteiger partial charge >= 0.3 is 11.9 Å². The summed E-state index contributed by atoms with van der Waals surface area (Å²) in [4.78, 5) is 21.3. The van der Waals surface area contributed by atoms with Gasteiger partial charge < -0.3 is 10.2 Å². The van der Waals surface area contributed by atoms with E-state index < -0.39 is 17.4 Å². The van der Waals surface area contributed by atoms with Crippen molar-refractivity contribution >= 4 is 11.9 Å². The van der Waals surface area contributed by atoms with Gasteiger partial charge in [-0.2, -0.15) is 0 Å². The largest absolute Gasteiger partial charge is 0.481 e. The van der Waals surface area contributed by atoms with Crippen LogP contribution in [0.15, 0.2) is 23.8 Å². The Morgan fingerprint density at radius 3 is 2.54 bits per heavy atom. The number of carboxylic acid groups (broad SMARTS) is 2. The first-order valence-corrected chi connectivity index (χ1v) is 3.81. The highest BCUT2D eigenvalue weighted by Gasteiger charge is 2.34. The fourth-order valence-corrected chi connectivity index (χ4v) is 1.18. The van der Waals surface area contributed by atoms with Crippen LogP contribution in [0.1, 0.15) is 13.3 Å². The molecule has 0 aromatic carbocycles. The Labute approximate surface area is 75.2 Å². The molecule has 0 bridgehead atoms. The monoisotopic (exact) mass is 182 g/mol. The summed E-state index contributed by atoms with van der Waals surface area (Å²) < 4.78 is 0. The molecule has 13 heavy (non-hydrogen) atoms. The van der Waals surface area contributed by atoms with Crippen molar-refractivity contribution < 1.29 is 19.8 Å². The van der Waals surface area contributed by atoms with Crippen molar-refractivity contribution in [3.05, 3.63) is 23.8 Å². The summed E-state index contributed by atoms with van der Waals surface area (Å²) in [5, 5.41) is 17.5. The highest BCUT2D eigenvalue weighted by Crippen LogP contribution is 2.31. The van der Waals surface area contributed by atoms with Gasteiger partial charge in [0.2, 0.25) is 0 Å². The van der Waals surface area contributed by atoms with Crippen LogP contribution in [0.5, 0.6) is 0 Å². The molecule has 1 aliphatic rings. The Bertz CT molecular complexity index is 314. The number of carboxylic acids is 2. The summed E-state index contributed by atoms with van der Waals surface area (Å²) in [7, 11) is 0. The van der Waals surface area contributed by atoms with Crippen LogP contribution in [0.2, 0.25) is 0 Å². The smallest absolute Gasteiger partial charge is 0.331 e. The lowest BCUT2D eigenvalue weighted by atomic mass is 9.80. The van der Waals surface area contributed by atoms with Crippen LogP contribution in [0.4, 0.5) is 0 Å². The van der Waals surface area contributed by atoms with Gasteiger partial charge in [-0.25, -0.2) is 4.79 Å². The average molecular weight is 182 g/mol. The molecule has 2 N–H and O–H groups in total. The Balaban J connectivity index is 2.92. The van der Waals surface area contributed by atoms with Crippen LogP contribution in [0, 0.1) is 5.41 Å². The molecule has 0 spiro atoms. The molecule has 0 saturated carbocycles. The van der Waals surface area contributed by atoms with Gasteiger partial charge in [0.1, 0.15) is 0 Å². The van der Waals surface area contributed by atoms with E-state index in [9.17, 15) is 9.59 Å². The van der Waals surface area contributed by atoms with E-state index >= 15 is 0 Å². The third-order valence-corrected chi connectivity index (χ3v) is 2.08. The topological polar surface area (TPSA) is 74.6 Å². The van der Waals surface area contributed by atoms with Gasteiger partial charge in [-0.3, -0.25) is 4.79 Å². The predicted molar refractivity (Wildman–Crippen MR) is 45.2 cm³/mol. The molecular formula is C9H10O4. The predicted octanol–water partition coefficient (Wildman–Crippen LogP) is 1.05. The first-order valence-electron chi connectivity index (χ1n) is 3.81. The molecular weight excluding hydrogens is 172 g/mol. The van der Waals surface area contributed by atoms with Gasteiger partial charge in [0.25, 0.3) is 0 Å². The zero-order valence-corrected chi connectivity index (χ0v) is 7.15. The molecule has 0 aliphatic heterocycles. The molecule has 0 aromatic heterocycles. The van der Waals surface area contributed by atoms with Crippen LogP contribution >= 0.6 is 0 Å². The maximum absolute atomic E-state index is 10.8. The molecule has 0 aromatic rings. The second-order valence-corrected chi connectivity index (χ2v) is 3.26. The van der Waals surface area contributed by atoms with Crippen molar-refractivity contribution in [3.8, 4) is 0 Å². The third kappa shape index (κ3) is 1.77. The molecule has 1 atom stereocenters. The van der Waals surface area contributed by atoms with Crippen LogP contribution in [-0.4, -0.2) is 22.2 Å². The fourth-order valence-electron chi connectivity index (χ4n) is 1.18. The minimum absolute atomic E-state index is 0.0359. The Morgan fingerprint density at radius 1 is 1.46 bits per heavy atom. The van der Waals surface area contributed by atoms with Crippen molar-refractivity contribution in [2.45, 2.75) is 13.3 Å². The first-order chi connectivity index (χ1) is 5.96. The number of carbonyl (C=O) groups is 2. The van der Waals surface area contributed by atoms with Crippen LogP contribution < -0.4 is 0 Å². The molecule has 0 saturated heterocycles. The SMILES string of the molecule is C[C@@]1(C(=O)O)C=CC=C(C(=O)O)C1. The lowest BCUT2D eigenvalue weighted by Crippen LogP contribution is -2.28. The maximum atomic E-state index is 10.8. The van der Waals surface area contributed by atoms with Gasteiger partial charge in [0.05, 0.1) is 5.41 Å². The highest BCUT2D eigenvalue weighted by atomic mass is 16.4. The van der Waals surface area contributed by atoms with E-state index in [0.717, 1.165) is 0 Å². The lowest BCUT2D eigenvalue weighted by Gasteiger charge is -2.23. The lowest BCUT2D eigenvalue weighted by molar-refractivity contribution is -0.145. The summed E-state index contributed by atoms with van der Waals surface area (Å²) in [5.74, 6) is -2.06. The Morgan fingerprint density at radius 2 is 2.08 bits per heavy atom. The van der Waals surface area contributed by atoms with E-state index in [4.69, 9.17) is 10.2 Å². The molecule has 0 amide bonds. The van der Waals surface area contributed by atoms with Gasteiger partial charge in [-0.1, -0.05) is 18.2 Å². The van der Waals surface area contributed by atoms with Crippen LogP contribution in [0.3, 0.4) is 0 Å². The molecule has 1 aliphatic carbocycles. The molecule has 4 heteroatoms. The number of allylic oxidation sites excluding steroid dienone is 2. The van der Waals surface area contributed by atoms with Crippen molar-refractivity contribution in [1.82, 2.24) is 0 Å². The van der Waals surface area contributed by atoms with E-state index in [1.807, 2.05) is 0 Å². The van der Waals surface area contributed by atoms with Crippen molar-refractivity contribution in [1.29, 1.82) is 0 Å². The number of rotatable bonds is 2. The Hall–Kier alpha value is -1.58. The highest BCUT2D eigenvalue weighted by molar-refractivity contribution is 5.90.